The van der Waals surface area contributed by atoms with Gasteiger partial charge in [0.15, 0.2) is 0 Å². The number of urea groups is 1. The molecular weight excluding hydrogens is 350 g/mol. The van der Waals surface area contributed by atoms with Gasteiger partial charge in [-0.2, -0.15) is 0 Å². The summed E-state index contributed by atoms with van der Waals surface area (Å²) in [6, 6.07) is 18.2. The van der Waals surface area contributed by atoms with Crippen molar-refractivity contribution in [3.63, 3.8) is 0 Å². The molecule has 1 fully saturated rings. The van der Waals surface area contributed by atoms with E-state index in [4.69, 9.17) is 4.74 Å². The van der Waals surface area contributed by atoms with E-state index < -0.39 is 0 Å². The lowest BCUT2D eigenvalue weighted by Crippen LogP contribution is -2.52. The summed E-state index contributed by atoms with van der Waals surface area (Å²) in [4.78, 5) is 16.5. The van der Waals surface area contributed by atoms with Crippen molar-refractivity contribution in [1.29, 1.82) is 0 Å². The Morgan fingerprint density at radius 3 is 2.61 bits per heavy atom. The van der Waals surface area contributed by atoms with E-state index in [1.54, 1.807) is 0 Å². The molecule has 2 aromatic carbocycles. The van der Waals surface area contributed by atoms with E-state index in [1.165, 1.54) is 5.56 Å². The van der Waals surface area contributed by atoms with E-state index in [0.29, 0.717) is 13.2 Å². The van der Waals surface area contributed by atoms with Crippen LogP contribution in [-0.2, 0) is 0 Å². The van der Waals surface area contributed by atoms with Crippen LogP contribution in [0.4, 0.5) is 4.79 Å². The Morgan fingerprint density at radius 2 is 1.86 bits per heavy atom. The van der Waals surface area contributed by atoms with Crippen LogP contribution in [0.15, 0.2) is 60.7 Å². The van der Waals surface area contributed by atoms with Crippen molar-refractivity contribution in [1.82, 2.24) is 15.1 Å². The van der Waals surface area contributed by atoms with Crippen molar-refractivity contribution in [3.8, 4) is 5.75 Å². The summed E-state index contributed by atoms with van der Waals surface area (Å²) in [5, 5.41) is 2.95. The van der Waals surface area contributed by atoms with Gasteiger partial charge in [-0.25, -0.2) is 4.79 Å². The van der Waals surface area contributed by atoms with Crippen molar-refractivity contribution in [2.75, 3.05) is 45.9 Å². The maximum absolute atomic E-state index is 12.3. The Kier molecular flexibility index (Phi) is 7.50. The highest BCUT2D eigenvalue weighted by molar-refractivity contribution is 5.74. The third kappa shape index (κ3) is 6.43. The number of carbonyl (C=O) groups excluding carboxylic acids is 1. The van der Waals surface area contributed by atoms with E-state index in [-0.39, 0.29) is 6.03 Å². The molecule has 1 heterocycles. The number of nitrogens with zero attached hydrogens (tertiary/aromatic N) is 2. The van der Waals surface area contributed by atoms with Crippen molar-refractivity contribution >= 4 is 12.1 Å². The van der Waals surface area contributed by atoms with Crippen LogP contribution in [-0.4, -0.2) is 61.7 Å². The van der Waals surface area contributed by atoms with Crippen LogP contribution >= 0.6 is 0 Å². The van der Waals surface area contributed by atoms with Gasteiger partial charge in [-0.15, -0.1) is 0 Å². The SMILES string of the molecule is Cc1cccc(OCCNC(=O)N2CCN(C/C=C/c3ccccc3)CC2)c1. The monoisotopic (exact) mass is 379 g/mol. The zero-order valence-electron chi connectivity index (χ0n) is 16.5. The highest BCUT2D eigenvalue weighted by Gasteiger charge is 2.19. The number of hydrogen-bond acceptors (Lipinski definition) is 3. The number of aryl methyl sites for hydroxylation is 1. The second-order valence-corrected chi connectivity index (χ2v) is 7.00. The van der Waals surface area contributed by atoms with E-state index in [1.807, 2.05) is 54.3 Å². The van der Waals surface area contributed by atoms with Crippen LogP contribution in [0.2, 0.25) is 0 Å². The Bertz CT molecular complexity index is 768. The molecule has 1 aliphatic heterocycles. The minimum Gasteiger partial charge on any atom is -0.492 e. The summed E-state index contributed by atoms with van der Waals surface area (Å²) in [7, 11) is 0. The molecule has 1 N–H and O–H groups in total. The highest BCUT2D eigenvalue weighted by atomic mass is 16.5. The van der Waals surface area contributed by atoms with Gasteiger partial charge in [0.25, 0.3) is 0 Å². The van der Waals surface area contributed by atoms with Crippen molar-refractivity contribution < 1.29 is 9.53 Å². The molecule has 1 saturated heterocycles. The molecule has 2 amide bonds. The average Bonchev–Trinajstić information content (AvgIpc) is 2.72. The van der Waals surface area contributed by atoms with Crippen LogP contribution in [0.1, 0.15) is 11.1 Å². The molecule has 0 saturated carbocycles. The van der Waals surface area contributed by atoms with E-state index in [0.717, 1.165) is 44.0 Å². The van der Waals surface area contributed by atoms with Crippen molar-refractivity contribution in [2.45, 2.75) is 6.92 Å². The van der Waals surface area contributed by atoms with Gasteiger partial charge in [-0.3, -0.25) is 4.90 Å². The van der Waals surface area contributed by atoms with Crippen LogP contribution in [0.3, 0.4) is 0 Å². The molecule has 28 heavy (non-hydrogen) atoms. The normalized spacial score (nSPS) is 15.0. The molecule has 0 spiro atoms. The van der Waals surface area contributed by atoms with E-state index in [9.17, 15) is 4.79 Å². The third-order valence-corrected chi connectivity index (χ3v) is 4.77. The summed E-state index contributed by atoms with van der Waals surface area (Å²) >= 11 is 0. The molecule has 1 aliphatic rings. The molecule has 0 aromatic heterocycles. The molecule has 3 rings (SSSR count). The van der Waals surface area contributed by atoms with Gasteiger partial charge in [0.05, 0.1) is 6.54 Å². The molecule has 0 unspecified atom stereocenters. The zero-order valence-corrected chi connectivity index (χ0v) is 16.5. The fourth-order valence-electron chi connectivity index (χ4n) is 3.18. The van der Waals surface area contributed by atoms with Gasteiger partial charge < -0.3 is 15.0 Å². The van der Waals surface area contributed by atoms with Gasteiger partial charge >= 0.3 is 6.03 Å². The average molecular weight is 380 g/mol. The minimum atomic E-state index is -0.00711. The summed E-state index contributed by atoms with van der Waals surface area (Å²) in [6.07, 6.45) is 4.33. The van der Waals surface area contributed by atoms with Crippen molar-refractivity contribution in [2.24, 2.45) is 0 Å². The van der Waals surface area contributed by atoms with Gasteiger partial charge in [0.2, 0.25) is 0 Å². The molecule has 2 aromatic rings. The van der Waals surface area contributed by atoms with E-state index in [2.05, 4.69) is 34.5 Å². The van der Waals surface area contributed by atoms with Gasteiger partial charge in [-0.1, -0.05) is 54.6 Å². The first-order valence-corrected chi connectivity index (χ1v) is 9.87. The fraction of sp³-hybridized carbons (Fsp3) is 0.348. The molecule has 5 heteroatoms. The molecule has 0 bridgehead atoms. The number of rotatable bonds is 7. The largest absolute Gasteiger partial charge is 0.492 e. The van der Waals surface area contributed by atoms with Crippen LogP contribution < -0.4 is 10.1 Å². The first-order chi connectivity index (χ1) is 13.7. The summed E-state index contributed by atoms with van der Waals surface area (Å²) < 4.78 is 5.67. The Hall–Kier alpha value is -2.79. The number of nitrogens with one attached hydrogen (secondary N) is 1. The molecule has 0 atom stereocenters. The lowest BCUT2D eigenvalue weighted by molar-refractivity contribution is 0.145. The molecule has 5 nitrogen and oxygen atoms in total. The summed E-state index contributed by atoms with van der Waals surface area (Å²) in [5.41, 5.74) is 2.38. The van der Waals surface area contributed by atoms with Gasteiger partial charge in [0, 0.05) is 32.7 Å². The fourth-order valence-corrected chi connectivity index (χ4v) is 3.18. The van der Waals surface area contributed by atoms with Crippen LogP contribution in [0.25, 0.3) is 6.08 Å². The Balaban J connectivity index is 1.30. The summed E-state index contributed by atoms with van der Waals surface area (Å²) in [5.74, 6) is 0.839. The molecule has 0 radical (unpaired) electrons. The zero-order chi connectivity index (χ0) is 19.6. The number of amides is 2. The summed E-state index contributed by atoms with van der Waals surface area (Å²) in [6.45, 7) is 7.22. The minimum absolute atomic E-state index is 0.00711. The maximum Gasteiger partial charge on any atom is 0.317 e. The quantitative estimate of drug-likeness (QED) is 0.750. The third-order valence-electron chi connectivity index (χ3n) is 4.77. The first-order valence-electron chi connectivity index (χ1n) is 9.87. The Labute approximate surface area is 167 Å². The molecular formula is C23H29N3O2. The first kappa shape index (κ1) is 20.0. The van der Waals surface area contributed by atoms with Crippen LogP contribution in [0, 0.1) is 6.92 Å². The lowest BCUT2D eigenvalue weighted by atomic mass is 10.2. The number of carbonyl (C=O) groups is 1. The smallest absolute Gasteiger partial charge is 0.317 e. The van der Waals surface area contributed by atoms with Crippen molar-refractivity contribution in [3.05, 3.63) is 71.8 Å². The molecule has 148 valence electrons. The highest BCUT2D eigenvalue weighted by Crippen LogP contribution is 2.11. The maximum atomic E-state index is 12.3. The van der Waals surface area contributed by atoms with Crippen LogP contribution in [0.5, 0.6) is 5.75 Å². The standard InChI is InChI=1S/C23H29N3O2/c1-20-7-5-11-22(19-20)28-18-12-24-23(27)26-16-14-25(15-17-26)13-6-10-21-8-3-2-4-9-21/h2-11,19H,12-18H2,1H3,(H,24,27)/b10-6+. The second kappa shape index (κ2) is 10.5. The lowest BCUT2D eigenvalue weighted by Gasteiger charge is -2.34. The van der Waals surface area contributed by atoms with Gasteiger partial charge in [0.1, 0.15) is 12.4 Å². The topological polar surface area (TPSA) is 44.8 Å². The van der Waals surface area contributed by atoms with E-state index >= 15 is 0 Å². The predicted octanol–water partition coefficient (Wildman–Crippen LogP) is 3.41. The Morgan fingerprint density at radius 1 is 1.07 bits per heavy atom. The molecule has 0 aliphatic carbocycles. The number of hydrogen-bond donors (Lipinski definition) is 1. The number of piperazine rings is 1. The predicted molar refractivity (Wildman–Crippen MR) is 114 cm³/mol. The number of ether oxygens (including phenoxy) is 1. The van der Waals surface area contributed by atoms with Gasteiger partial charge in [-0.05, 0) is 30.2 Å². The number of benzene rings is 2. The second-order valence-electron chi connectivity index (χ2n) is 7.00.